The van der Waals surface area contributed by atoms with Crippen molar-refractivity contribution in [2.24, 2.45) is 0 Å². The summed E-state index contributed by atoms with van der Waals surface area (Å²) >= 11 is 0. The number of anilines is 2. The summed E-state index contributed by atoms with van der Waals surface area (Å²) < 4.78 is 2.21. The van der Waals surface area contributed by atoms with Crippen LogP contribution >= 0.6 is 0 Å². The third-order valence-corrected chi connectivity index (χ3v) is 8.27. The highest BCUT2D eigenvalue weighted by Crippen LogP contribution is 2.33. The van der Waals surface area contributed by atoms with E-state index in [0.29, 0.717) is 18.8 Å². The van der Waals surface area contributed by atoms with E-state index in [1.807, 2.05) is 18.3 Å². The Kier molecular flexibility index (Phi) is 7.76. The first kappa shape index (κ1) is 27.0. The van der Waals surface area contributed by atoms with Crippen LogP contribution < -0.4 is 15.5 Å². The highest BCUT2D eigenvalue weighted by Gasteiger charge is 2.27. The van der Waals surface area contributed by atoms with Gasteiger partial charge in [-0.1, -0.05) is 12.1 Å². The molecule has 3 N–H and O–H groups in total. The number of carbonyl (C=O) groups excluding carboxylic acids is 1. The van der Waals surface area contributed by atoms with Gasteiger partial charge in [0.2, 0.25) is 0 Å². The molecule has 41 heavy (non-hydrogen) atoms. The van der Waals surface area contributed by atoms with E-state index in [4.69, 9.17) is 9.97 Å². The molecular formula is C31H38N8O2. The number of aromatic nitrogens is 3. The summed E-state index contributed by atoms with van der Waals surface area (Å²) in [5.41, 5.74) is 5.90. The number of nitrogens with one attached hydrogen (secondary N) is 2. The molecule has 1 aromatic carbocycles. The van der Waals surface area contributed by atoms with Crippen LogP contribution in [0.2, 0.25) is 0 Å². The molecule has 4 aromatic rings. The summed E-state index contributed by atoms with van der Waals surface area (Å²) in [4.78, 5) is 29.9. The number of phenolic OH excluding ortho intramolecular Hbond substituents is 1. The number of rotatable bonds is 7. The van der Waals surface area contributed by atoms with E-state index < -0.39 is 0 Å². The lowest BCUT2D eigenvalue weighted by Crippen LogP contribution is -2.45. The molecule has 3 aromatic heterocycles. The zero-order valence-electron chi connectivity index (χ0n) is 23.8. The molecule has 0 radical (unpaired) electrons. The van der Waals surface area contributed by atoms with Crippen molar-refractivity contribution in [1.82, 2.24) is 29.5 Å². The largest absolute Gasteiger partial charge is 0.508 e. The van der Waals surface area contributed by atoms with Gasteiger partial charge >= 0.3 is 6.03 Å². The van der Waals surface area contributed by atoms with Crippen molar-refractivity contribution in [1.29, 1.82) is 0 Å². The predicted molar refractivity (Wildman–Crippen MR) is 160 cm³/mol. The summed E-state index contributed by atoms with van der Waals surface area (Å²) in [5.74, 6) is 1.25. The number of nitrogens with zero attached hydrogens (tertiary/aromatic N) is 6. The van der Waals surface area contributed by atoms with Gasteiger partial charge in [0.15, 0.2) is 0 Å². The normalized spacial score (nSPS) is 17.5. The van der Waals surface area contributed by atoms with E-state index in [-0.39, 0.29) is 17.8 Å². The van der Waals surface area contributed by atoms with Crippen LogP contribution in [0.3, 0.4) is 0 Å². The van der Waals surface area contributed by atoms with Gasteiger partial charge in [-0.25, -0.2) is 9.78 Å². The maximum atomic E-state index is 12.9. The number of urea groups is 1. The second-order valence-corrected chi connectivity index (χ2v) is 11.1. The molecule has 1 saturated heterocycles. The lowest BCUT2D eigenvalue weighted by Gasteiger charge is -2.34. The molecule has 0 spiro atoms. The highest BCUT2D eigenvalue weighted by molar-refractivity contribution is 5.89. The Morgan fingerprint density at radius 3 is 2.68 bits per heavy atom. The van der Waals surface area contributed by atoms with Gasteiger partial charge in [-0.3, -0.25) is 14.3 Å². The number of carbonyl (C=O) groups is 1. The number of aromatic hydroxyl groups is 1. The fourth-order valence-corrected chi connectivity index (χ4v) is 6.02. The lowest BCUT2D eigenvalue weighted by atomic mass is 9.91. The number of hydrogen-bond donors (Lipinski definition) is 3. The molecule has 2 amide bonds. The Bertz CT molecular complexity index is 1510. The van der Waals surface area contributed by atoms with Gasteiger partial charge in [0.25, 0.3) is 0 Å². The maximum absolute atomic E-state index is 12.9. The Labute approximate surface area is 240 Å². The second-order valence-electron chi connectivity index (χ2n) is 11.1. The number of hydrogen-bond acceptors (Lipinski definition) is 7. The van der Waals surface area contributed by atoms with Crippen molar-refractivity contribution in [2.45, 2.75) is 38.4 Å². The molecule has 1 aliphatic heterocycles. The first-order valence-corrected chi connectivity index (χ1v) is 14.4. The van der Waals surface area contributed by atoms with Gasteiger partial charge in [0, 0.05) is 44.6 Å². The van der Waals surface area contributed by atoms with Crippen molar-refractivity contribution in [2.75, 3.05) is 50.5 Å². The molecule has 10 heteroatoms. The summed E-state index contributed by atoms with van der Waals surface area (Å²) in [6.45, 7) is 4.82. The summed E-state index contributed by atoms with van der Waals surface area (Å²) in [5, 5.41) is 15.5. The van der Waals surface area contributed by atoms with Gasteiger partial charge in [-0.15, -0.1) is 0 Å². The van der Waals surface area contributed by atoms with Crippen molar-refractivity contribution in [3.05, 3.63) is 83.4 Å². The van der Waals surface area contributed by atoms with E-state index in [0.717, 1.165) is 74.0 Å². The second kappa shape index (κ2) is 11.8. The van der Waals surface area contributed by atoms with Gasteiger partial charge < -0.3 is 25.5 Å². The summed E-state index contributed by atoms with van der Waals surface area (Å²) in [6, 6.07) is 16.8. The minimum absolute atomic E-state index is 0.155. The maximum Gasteiger partial charge on any atom is 0.319 e. The van der Waals surface area contributed by atoms with Crippen LogP contribution in [0, 0.1) is 0 Å². The third kappa shape index (κ3) is 5.84. The number of pyridine rings is 2. The average Bonchev–Trinajstić information content (AvgIpc) is 3.34. The molecule has 0 bridgehead atoms. The van der Waals surface area contributed by atoms with Crippen molar-refractivity contribution >= 4 is 23.2 Å². The van der Waals surface area contributed by atoms with Gasteiger partial charge in [0.1, 0.15) is 17.2 Å². The van der Waals surface area contributed by atoms with Crippen LogP contribution in [0.1, 0.15) is 41.5 Å². The number of amides is 2. The van der Waals surface area contributed by atoms with E-state index in [1.54, 1.807) is 24.3 Å². The quantitative estimate of drug-likeness (QED) is 0.297. The predicted octanol–water partition coefficient (Wildman–Crippen LogP) is 4.02. The SMILES string of the molecule is CN1CCN(c2cccc3nc(CN(C)[C@H]4CCCc5cccnc54)c(CNC(=O)Nc4ccc(O)cc4)n23)CC1. The first-order valence-electron chi connectivity index (χ1n) is 14.4. The van der Waals surface area contributed by atoms with E-state index in [1.165, 1.54) is 5.56 Å². The molecule has 214 valence electrons. The van der Waals surface area contributed by atoms with Crippen molar-refractivity contribution in [3.63, 3.8) is 0 Å². The standard InChI is InChI=1S/C31H38N8O2/c1-36-16-18-38(19-17-36)29-10-4-9-28-35-25(21-37(2)26-8-3-6-22-7-5-15-32-30(22)26)27(39(28)29)20-33-31(41)34-23-11-13-24(40)14-12-23/h4-5,7,9-15,26,40H,3,6,8,16-21H2,1-2H3,(H2,33,34,41)/t26-/m0/s1. The monoisotopic (exact) mass is 554 g/mol. The Balaban J connectivity index is 1.30. The summed E-state index contributed by atoms with van der Waals surface area (Å²) in [7, 11) is 4.30. The van der Waals surface area contributed by atoms with Crippen LogP contribution in [0.25, 0.3) is 5.65 Å². The summed E-state index contributed by atoms with van der Waals surface area (Å²) in [6.07, 6.45) is 5.16. The molecule has 1 aliphatic carbocycles. The Morgan fingerprint density at radius 2 is 1.88 bits per heavy atom. The molecule has 0 unspecified atom stereocenters. The van der Waals surface area contributed by atoms with Gasteiger partial charge in [-0.2, -0.15) is 0 Å². The topological polar surface area (TPSA) is 101 Å². The molecule has 1 atom stereocenters. The number of phenols is 1. The number of aryl methyl sites for hydroxylation is 1. The zero-order chi connectivity index (χ0) is 28.3. The Hall–Kier alpha value is -4.15. The van der Waals surface area contributed by atoms with E-state index >= 15 is 0 Å². The van der Waals surface area contributed by atoms with Crippen LogP contribution in [0.5, 0.6) is 5.75 Å². The number of imidazole rings is 1. The number of benzene rings is 1. The van der Waals surface area contributed by atoms with Gasteiger partial charge in [0.05, 0.1) is 29.7 Å². The number of piperazine rings is 1. The molecule has 2 aliphatic rings. The van der Waals surface area contributed by atoms with Crippen LogP contribution in [-0.4, -0.2) is 75.6 Å². The molecule has 1 fully saturated rings. The molecule has 0 saturated carbocycles. The molecular weight excluding hydrogens is 516 g/mol. The molecule has 4 heterocycles. The average molecular weight is 555 g/mol. The molecule has 6 rings (SSSR count). The Morgan fingerprint density at radius 1 is 1.07 bits per heavy atom. The van der Waals surface area contributed by atoms with Crippen LogP contribution in [0.15, 0.2) is 60.8 Å². The fourth-order valence-electron chi connectivity index (χ4n) is 6.02. The van der Waals surface area contributed by atoms with Crippen molar-refractivity contribution in [3.8, 4) is 5.75 Å². The van der Waals surface area contributed by atoms with Crippen molar-refractivity contribution < 1.29 is 9.90 Å². The smallest absolute Gasteiger partial charge is 0.319 e. The fraction of sp³-hybridized carbons (Fsp3) is 0.387. The van der Waals surface area contributed by atoms with Crippen LogP contribution in [-0.2, 0) is 19.5 Å². The minimum Gasteiger partial charge on any atom is -0.508 e. The highest BCUT2D eigenvalue weighted by atomic mass is 16.3. The number of fused-ring (bicyclic) bond motifs is 2. The number of likely N-dealkylation sites (N-methyl/N-ethyl adjacent to an activating group) is 1. The first-order chi connectivity index (χ1) is 20.0. The van der Waals surface area contributed by atoms with E-state index in [2.05, 4.69) is 62.0 Å². The molecule has 10 nitrogen and oxygen atoms in total. The minimum atomic E-state index is -0.313. The van der Waals surface area contributed by atoms with Crippen LogP contribution in [0.4, 0.5) is 16.3 Å². The van der Waals surface area contributed by atoms with Gasteiger partial charge in [-0.05, 0) is 81.4 Å². The zero-order valence-corrected chi connectivity index (χ0v) is 23.8. The third-order valence-electron chi connectivity index (χ3n) is 8.27. The lowest BCUT2D eigenvalue weighted by molar-refractivity contribution is 0.206. The van der Waals surface area contributed by atoms with E-state index in [9.17, 15) is 9.90 Å².